The van der Waals surface area contributed by atoms with Crippen LogP contribution in [0.1, 0.15) is 88.9 Å². The van der Waals surface area contributed by atoms with Crippen LogP contribution in [0.15, 0.2) is 24.3 Å². The summed E-state index contributed by atoms with van der Waals surface area (Å²) < 4.78 is 11.7. The van der Waals surface area contributed by atoms with Crippen molar-refractivity contribution in [3.8, 4) is 0 Å². The smallest absolute Gasteiger partial charge is 0.338 e. The zero-order valence-corrected chi connectivity index (χ0v) is 20.8. The maximum absolute atomic E-state index is 12.8. The highest BCUT2D eigenvalue weighted by Crippen LogP contribution is 2.31. The number of hydrogen-bond donors (Lipinski definition) is 2. The van der Waals surface area contributed by atoms with E-state index in [0.29, 0.717) is 11.1 Å². The summed E-state index contributed by atoms with van der Waals surface area (Å²) in [6.07, 6.45) is 1.23. The van der Waals surface area contributed by atoms with Crippen LogP contribution in [-0.2, 0) is 9.47 Å². The van der Waals surface area contributed by atoms with E-state index in [9.17, 15) is 9.59 Å². The molecule has 0 saturated carbocycles. The lowest BCUT2D eigenvalue weighted by atomic mass is 9.81. The molecule has 1 aromatic rings. The van der Waals surface area contributed by atoms with Gasteiger partial charge < -0.3 is 20.1 Å². The number of carbonyl (C=O) groups excluding carboxylic acids is 2. The molecular formula is C26H40N2O4. The van der Waals surface area contributed by atoms with Crippen LogP contribution in [0, 0.1) is 11.8 Å². The number of esters is 2. The van der Waals surface area contributed by atoms with Crippen LogP contribution in [0.5, 0.6) is 0 Å². The van der Waals surface area contributed by atoms with E-state index < -0.39 is 0 Å². The van der Waals surface area contributed by atoms with Crippen LogP contribution in [-0.4, -0.2) is 47.3 Å². The standard InChI is InChI=1S/C26H40N2O4/c1-15-17(3)27-25(5,6)13-21(15)31-23(29)19-9-11-20(12-10-19)24(30)32-22-14-26(7,8)28-18(4)16(22)2/h9-12,15-18,21-22,27-28H,13-14H2,1-8H3. The third kappa shape index (κ3) is 5.70. The van der Waals surface area contributed by atoms with Crippen molar-refractivity contribution < 1.29 is 19.1 Å². The van der Waals surface area contributed by atoms with Crippen molar-refractivity contribution in [2.75, 3.05) is 0 Å². The molecule has 2 fully saturated rings. The summed E-state index contributed by atoms with van der Waals surface area (Å²) in [4.78, 5) is 25.5. The molecule has 6 heteroatoms. The number of piperidine rings is 2. The summed E-state index contributed by atoms with van der Waals surface area (Å²) in [5, 5.41) is 7.13. The largest absolute Gasteiger partial charge is 0.458 e. The normalized spacial score (nSPS) is 33.9. The third-order valence-electron chi connectivity index (χ3n) is 7.28. The molecule has 2 heterocycles. The highest BCUT2D eigenvalue weighted by Gasteiger charge is 2.40. The Labute approximate surface area is 192 Å². The average Bonchev–Trinajstić information content (AvgIpc) is 2.68. The SMILES string of the molecule is CC1NC(C)(C)CC(OC(=O)c2ccc(C(=O)OC3CC(C)(C)NC(C)C3C)cc2)C1C. The van der Waals surface area contributed by atoms with E-state index in [4.69, 9.17) is 9.47 Å². The van der Waals surface area contributed by atoms with Crippen LogP contribution >= 0.6 is 0 Å². The number of carbonyl (C=O) groups is 2. The molecule has 6 unspecified atom stereocenters. The molecule has 0 aromatic heterocycles. The van der Waals surface area contributed by atoms with Gasteiger partial charge in [-0.15, -0.1) is 0 Å². The highest BCUT2D eigenvalue weighted by atomic mass is 16.5. The lowest BCUT2D eigenvalue weighted by Gasteiger charge is -2.44. The number of rotatable bonds is 4. The molecule has 2 aliphatic heterocycles. The predicted molar refractivity (Wildman–Crippen MR) is 126 cm³/mol. The topological polar surface area (TPSA) is 76.7 Å². The molecule has 3 rings (SSSR count). The Hall–Kier alpha value is -1.92. The second-order valence-corrected chi connectivity index (χ2v) is 11.2. The first-order valence-corrected chi connectivity index (χ1v) is 11.9. The van der Waals surface area contributed by atoms with Gasteiger partial charge in [0.05, 0.1) is 11.1 Å². The van der Waals surface area contributed by atoms with Crippen molar-refractivity contribution in [3.63, 3.8) is 0 Å². The molecule has 0 radical (unpaired) electrons. The van der Waals surface area contributed by atoms with Crippen LogP contribution in [0.4, 0.5) is 0 Å². The van der Waals surface area contributed by atoms with Gasteiger partial charge in [-0.05, 0) is 65.8 Å². The Balaban J connectivity index is 1.63. The number of nitrogens with one attached hydrogen (secondary N) is 2. The summed E-state index contributed by atoms with van der Waals surface area (Å²) >= 11 is 0. The van der Waals surface area contributed by atoms with Crippen LogP contribution in [0.25, 0.3) is 0 Å². The summed E-state index contributed by atoms with van der Waals surface area (Å²) in [7, 11) is 0. The van der Waals surface area contributed by atoms with Crippen molar-refractivity contribution in [1.82, 2.24) is 10.6 Å². The zero-order valence-electron chi connectivity index (χ0n) is 20.8. The van der Waals surface area contributed by atoms with E-state index in [1.807, 2.05) is 0 Å². The van der Waals surface area contributed by atoms with Gasteiger partial charge in [-0.3, -0.25) is 0 Å². The van der Waals surface area contributed by atoms with Gasteiger partial charge in [-0.25, -0.2) is 9.59 Å². The van der Waals surface area contributed by atoms with Crippen molar-refractivity contribution in [3.05, 3.63) is 35.4 Å². The molecule has 1 aromatic carbocycles. The van der Waals surface area contributed by atoms with E-state index in [1.165, 1.54) is 0 Å². The first-order chi connectivity index (χ1) is 14.8. The minimum Gasteiger partial charge on any atom is -0.458 e. The van der Waals surface area contributed by atoms with Gasteiger partial charge in [0, 0.05) is 47.8 Å². The van der Waals surface area contributed by atoms with E-state index in [-0.39, 0.29) is 59.1 Å². The Morgan fingerprint density at radius 2 is 1.03 bits per heavy atom. The first kappa shape index (κ1) is 24.7. The molecule has 6 nitrogen and oxygen atoms in total. The second kappa shape index (κ2) is 9.14. The molecule has 32 heavy (non-hydrogen) atoms. The van der Waals surface area contributed by atoms with Crippen molar-refractivity contribution in [2.45, 2.75) is 104 Å². The van der Waals surface area contributed by atoms with Crippen molar-refractivity contribution in [1.29, 1.82) is 0 Å². The minimum absolute atomic E-state index is 0.0810. The number of benzene rings is 1. The fourth-order valence-electron chi connectivity index (χ4n) is 5.09. The van der Waals surface area contributed by atoms with Gasteiger partial charge in [-0.1, -0.05) is 13.8 Å². The van der Waals surface area contributed by atoms with Gasteiger partial charge in [0.25, 0.3) is 0 Å². The molecule has 2 N–H and O–H groups in total. The molecular weight excluding hydrogens is 404 g/mol. The fraction of sp³-hybridized carbons (Fsp3) is 0.692. The molecule has 178 valence electrons. The van der Waals surface area contributed by atoms with Crippen LogP contribution in [0.2, 0.25) is 0 Å². The van der Waals surface area contributed by atoms with E-state index in [2.05, 4.69) is 66.0 Å². The molecule has 0 amide bonds. The summed E-state index contributed by atoms with van der Waals surface area (Å²) in [6.45, 7) is 17.0. The Morgan fingerprint density at radius 3 is 1.34 bits per heavy atom. The monoisotopic (exact) mass is 444 g/mol. The predicted octanol–water partition coefficient (Wildman–Crippen LogP) is 4.33. The van der Waals surface area contributed by atoms with Crippen LogP contribution in [0.3, 0.4) is 0 Å². The fourth-order valence-corrected chi connectivity index (χ4v) is 5.09. The molecule has 0 aliphatic carbocycles. The quantitative estimate of drug-likeness (QED) is 0.673. The molecule has 0 bridgehead atoms. The maximum Gasteiger partial charge on any atom is 0.338 e. The Morgan fingerprint density at radius 1 is 0.719 bits per heavy atom. The summed E-state index contributed by atoms with van der Waals surface area (Å²) in [5.74, 6) is -0.261. The number of ether oxygens (including phenoxy) is 2. The minimum atomic E-state index is -0.353. The van der Waals surface area contributed by atoms with Gasteiger partial charge >= 0.3 is 11.9 Å². The van der Waals surface area contributed by atoms with Gasteiger partial charge in [0.15, 0.2) is 0 Å². The maximum atomic E-state index is 12.8. The second-order valence-electron chi connectivity index (χ2n) is 11.2. The zero-order chi connectivity index (χ0) is 23.8. The molecule has 2 saturated heterocycles. The van der Waals surface area contributed by atoms with Crippen molar-refractivity contribution in [2.24, 2.45) is 11.8 Å². The van der Waals surface area contributed by atoms with Crippen molar-refractivity contribution >= 4 is 11.9 Å². The van der Waals surface area contributed by atoms with Crippen LogP contribution < -0.4 is 10.6 Å². The third-order valence-corrected chi connectivity index (χ3v) is 7.28. The highest BCUT2D eigenvalue weighted by molar-refractivity contribution is 5.93. The molecule has 2 aliphatic rings. The summed E-state index contributed by atoms with van der Waals surface area (Å²) in [6, 6.07) is 7.13. The van der Waals surface area contributed by atoms with Gasteiger partial charge in [-0.2, -0.15) is 0 Å². The lowest BCUT2D eigenvalue weighted by molar-refractivity contribution is -0.0193. The molecule has 0 spiro atoms. The Kier molecular flexibility index (Phi) is 7.06. The average molecular weight is 445 g/mol. The van der Waals surface area contributed by atoms with Gasteiger partial charge in [0.1, 0.15) is 12.2 Å². The van der Waals surface area contributed by atoms with E-state index in [1.54, 1.807) is 24.3 Å². The molecule has 6 atom stereocenters. The van der Waals surface area contributed by atoms with Gasteiger partial charge in [0.2, 0.25) is 0 Å². The van der Waals surface area contributed by atoms with E-state index >= 15 is 0 Å². The summed E-state index contributed by atoms with van der Waals surface area (Å²) in [5.41, 5.74) is 0.732. The van der Waals surface area contributed by atoms with E-state index in [0.717, 1.165) is 12.8 Å². The Bertz CT molecular complexity index is 764. The first-order valence-electron chi connectivity index (χ1n) is 11.9. The lowest BCUT2D eigenvalue weighted by Crippen LogP contribution is -2.57. The number of hydrogen-bond acceptors (Lipinski definition) is 6.